The number of aliphatic carboxylic acids is 1. The lowest BCUT2D eigenvalue weighted by atomic mass is 9.98. The van der Waals surface area contributed by atoms with Gasteiger partial charge in [-0.25, -0.2) is 0 Å². The molecule has 3 N–H and O–H groups in total. The Balaban J connectivity index is 2.82. The zero-order chi connectivity index (χ0) is 13.9. The van der Waals surface area contributed by atoms with Crippen LogP contribution in [0.15, 0.2) is 6.07 Å². The van der Waals surface area contributed by atoms with Crippen molar-refractivity contribution in [1.82, 2.24) is 0 Å². The molecule has 0 spiro atoms. The lowest BCUT2D eigenvalue weighted by Crippen LogP contribution is -2.23. The maximum Gasteiger partial charge on any atom is 0.306 e. The molecule has 18 heavy (non-hydrogen) atoms. The minimum atomic E-state index is -0.988. The van der Waals surface area contributed by atoms with Crippen LogP contribution >= 0.6 is 0 Å². The van der Waals surface area contributed by atoms with E-state index in [9.17, 15) is 9.90 Å². The molecule has 0 fully saturated rings. The van der Waals surface area contributed by atoms with Crippen molar-refractivity contribution in [3.05, 3.63) is 28.3 Å². The first-order chi connectivity index (χ1) is 8.32. The predicted octanol–water partition coefficient (Wildman–Crippen LogP) is 2.17. The second kappa shape index (κ2) is 5.87. The zero-order valence-corrected chi connectivity index (χ0v) is 11.4. The van der Waals surface area contributed by atoms with Gasteiger partial charge >= 0.3 is 5.97 Å². The van der Waals surface area contributed by atoms with Gasteiger partial charge in [-0.15, -0.1) is 0 Å². The van der Waals surface area contributed by atoms with Crippen molar-refractivity contribution in [2.75, 3.05) is 11.9 Å². The SMILES string of the molecule is Cc1cc(C)c(C)c(NCC(O)CC(=O)O)c1C. The van der Waals surface area contributed by atoms with Crippen molar-refractivity contribution >= 4 is 11.7 Å². The molecule has 4 heteroatoms. The summed E-state index contributed by atoms with van der Waals surface area (Å²) in [6.45, 7) is 8.37. The molecule has 4 nitrogen and oxygen atoms in total. The van der Waals surface area contributed by atoms with E-state index in [0.717, 1.165) is 16.8 Å². The molecule has 0 saturated heterocycles. The molecule has 100 valence electrons. The maximum absolute atomic E-state index is 10.5. The topological polar surface area (TPSA) is 69.6 Å². The van der Waals surface area contributed by atoms with E-state index in [4.69, 9.17) is 5.11 Å². The number of benzene rings is 1. The second-order valence-electron chi connectivity index (χ2n) is 4.77. The molecule has 0 radical (unpaired) electrons. The van der Waals surface area contributed by atoms with E-state index in [1.165, 1.54) is 11.1 Å². The number of carboxylic acid groups (broad SMARTS) is 1. The first-order valence-electron chi connectivity index (χ1n) is 6.04. The number of rotatable bonds is 5. The molecule has 0 aromatic heterocycles. The molecule has 0 aliphatic rings. The molecule has 1 unspecified atom stereocenters. The molecule has 0 amide bonds. The Hall–Kier alpha value is -1.55. The summed E-state index contributed by atoms with van der Waals surface area (Å²) in [6.07, 6.45) is -1.11. The van der Waals surface area contributed by atoms with Gasteiger partial charge in [-0.2, -0.15) is 0 Å². The molecular weight excluding hydrogens is 230 g/mol. The third-order valence-corrected chi connectivity index (χ3v) is 3.29. The van der Waals surface area contributed by atoms with Crippen LogP contribution in [0.5, 0.6) is 0 Å². The fraction of sp³-hybridized carbons (Fsp3) is 0.500. The van der Waals surface area contributed by atoms with Crippen LogP contribution in [0.4, 0.5) is 5.69 Å². The number of hydrogen-bond acceptors (Lipinski definition) is 3. The quantitative estimate of drug-likeness (QED) is 0.750. The van der Waals surface area contributed by atoms with Crippen molar-refractivity contribution < 1.29 is 15.0 Å². The van der Waals surface area contributed by atoms with Crippen LogP contribution in [0.1, 0.15) is 28.7 Å². The summed E-state index contributed by atoms with van der Waals surface area (Å²) >= 11 is 0. The number of aliphatic hydroxyl groups excluding tert-OH is 1. The smallest absolute Gasteiger partial charge is 0.306 e. The summed E-state index contributed by atoms with van der Waals surface area (Å²) in [7, 11) is 0. The second-order valence-corrected chi connectivity index (χ2v) is 4.77. The summed E-state index contributed by atoms with van der Waals surface area (Å²) in [5.74, 6) is -0.988. The highest BCUT2D eigenvalue weighted by atomic mass is 16.4. The minimum Gasteiger partial charge on any atom is -0.481 e. The molecule has 1 aromatic carbocycles. The molecule has 1 atom stereocenters. The van der Waals surface area contributed by atoms with E-state index < -0.39 is 12.1 Å². The van der Waals surface area contributed by atoms with Crippen molar-refractivity contribution in [1.29, 1.82) is 0 Å². The monoisotopic (exact) mass is 251 g/mol. The van der Waals surface area contributed by atoms with E-state index in [1.807, 2.05) is 27.7 Å². The van der Waals surface area contributed by atoms with E-state index in [2.05, 4.69) is 11.4 Å². The highest BCUT2D eigenvalue weighted by Crippen LogP contribution is 2.26. The van der Waals surface area contributed by atoms with E-state index in [0.29, 0.717) is 0 Å². The molecular formula is C14H21NO3. The zero-order valence-electron chi connectivity index (χ0n) is 11.4. The fourth-order valence-corrected chi connectivity index (χ4v) is 1.98. The Morgan fingerprint density at radius 2 is 1.72 bits per heavy atom. The van der Waals surface area contributed by atoms with Crippen LogP contribution < -0.4 is 5.32 Å². The van der Waals surface area contributed by atoms with Crippen LogP contribution in [0.25, 0.3) is 0 Å². The molecule has 0 saturated carbocycles. The largest absolute Gasteiger partial charge is 0.481 e. The van der Waals surface area contributed by atoms with Crippen molar-refractivity contribution in [2.24, 2.45) is 0 Å². The number of anilines is 1. The van der Waals surface area contributed by atoms with Gasteiger partial charge in [0.05, 0.1) is 12.5 Å². The van der Waals surface area contributed by atoms with Gasteiger partial charge in [-0.05, 0) is 49.9 Å². The predicted molar refractivity (Wildman–Crippen MR) is 72.1 cm³/mol. The van der Waals surface area contributed by atoms with Gasteiger partial charge in [0.1, 0.15) is 0 Å². The van der Waals surface area contributed by atoms with Gasteiger partial charge in [0.15, 0.2) is 0 Å². The van der Waals surface area contributed by atoms with Crippen LogP contribution in [0.3, 0.4) is 0 Å². The van der Waals surface area contributed by atoms with Gasteiger partial charge in [-0.3, -0.25) is 4.79 Å². The van der Waals surface area contributed by atoms with Crippen LogP contribution in [-0.4, -0.2) is 28.8 Å². The number of nitrogens with one attached hydrogen (secondary N) is 1. The van der Waals surface area contributed by atoms with Gasteiger partial charge in [0.25, 0.3) is 0 Å². The van der Waals surface area contributed by atoms with Gasteiger partial charge in [0.2, 0.25) is 0 Å². The number of carboxylic acids is 1. The first kappa shape index (κ1) is 14.5. The summed E-state index contributed by atoms with van der Waals surface area (Å²) < 4.78 is 0. The Morgan fingerprint density at radius 1 is 1.22 bits per heavy atom. The van der Waals surface area contributed by atoms with Crippen LogP contribution in [-0.2, 0) is 4.79 Å². The molecule has 1 aromatic rings. The number of hydrogen-bond donors (Lipinski definition) is 3. The highest BCUT2D eigenvalue weighted by Gasteiger charge is 2.12. The Labute approximate surface area is 108 Å². The first-order valence-corrected chi connectivity index (χ1v) is 6.04. The average Bonchev–Trinajstić information content (AvgIpc) is 2.25. The summed E-state index contributed by atoms with van der Waals surface area (Å²) in [6, 6.07) is 2.13. The van der Waals surface area contributed by atoms with E-state index in [1.54, 1.807) is 0 Å². The van der Waals surface area contributed by atoms with Crippen molar-refractivity contribution in [3.63, 3.8) is 0 Å². The minimum absolute atomic E-state index is 0.240. The number of aliphatic hydroxyl groups is 1. The maximum atomic E-state index is 10.5. The molecule has 0 aliphatic heterocycles. The molecule has 0 bridgehead atoms. The standard InChI is InChI=1S/C14H21NO3/c1-8-5-9(2)11(4)14(10(8)3)15-7-12(16)6-13(17)18/h5,12,15-16H,6-7H2,1-4H3,(H,17,18). The number of aryl methyl sites for hydroxylation is 2. The van der Waals surface area contributed by atoms with E-state index in [-0.39, 0.29) is 13.0 Å². The van der Waals surface area contributed by atoms with Crippen molar-refractivity contribution in [2.45, 2.75) is 40.2 Å². The Bertz CT molecular complexity index is 429. The average molecular weight is 251 g/mol. The Morgan fingerprint density at radius 3 is 2.17 bits per heavy atom. The molecule has 1 rings (SSSR count). The lowest BCUT2D eigenvalue weighted by Gasteiger charge is -2.18. The number of carbonyl (C=O) groups is 1. The summed E-state index contributed by atoms with van der Waals surface area (Å²) in [5, 5.41) is 21.3. The van der Waals surface area contributed by atoms with E-state index >= 15 is 0 Å². The van der Waals surface area contributed by atoms with Crippen LogP contribution in [0.2, 0.25) is 0 Å². The van der Waals surface area contributed by atoms with Crippen LogP contribution in [0, 0.1) is 27.7 Å². The molecule has 0 heterocycles. The summed E-state index contributed by atoms with van der Waals surface area (Å²) in [4.78, 5) is 10.5. The third-order valence-electron chi connectivity index (χ3n) is 3.29. The van der Waals surface area contributed by atoms with Gasteiger partial charge in [0, 0.05) is 12.2 Å². The summed E-state index contributed by atoms with van der Waals surface area (Å²) in [5.41, 5.74) is 5.65. The lowest BCUT2D eigenvalue weighted by molar-refractivity contribution is -0.138. The highest BCUT2D eigenvalue weighted by molar-refractivity contribution is 5.67. The van der Waals surface area contributed by atoms with Gasteiger partial charge in [-0.1, -0.05) is 6.07 Å². The van der Waals surface area contributed by atoms with Gasteiger partial charge < -0.3 is 15.5 Å². The Kier molecular flexibility index (Phi) is 4.73. The fourth-order valence-electron chi connectivity index (χ4n) is 1.98. The third kappa shape index (κ3) is 3.47. The normalized spacial score (nSPS) is 12.3. The molecule has 0 aliphatic carbocycles. The van der Waals surface area contributed by atoms with Crippen molar-refractivity contribution in [3.8, 4) is 0 Å².